The summed E-state index contributed by atoms with van der Waals surface area (Å²) in [7, 11) is 0. The Morgan fingerprint density at radius 3 is 3.10 bits per heavy atom. The fourth-order valence-corrected chi connectivity index (χ4v) is 2.76. The summed E-state index contributed by atoms with van der Waals surface area (Å²) in [6.07, 6.45) is 1.70. The van der Waals surface area contributed by atoms with E-state index in [0.29, 0.717) is 36.5 Å². The third kappa shape index (κ3) is 2.70. The van der Waals surface area contributed by atoms with Gasteiger partial charge in [-0.1, -0.05) is 6.07 Å². The van der Waals surface area contributed by atoms with E-state index in [1.165, 1.54) is 0 Å². The Labute approximate surface area is 122 Å². The number of aromatic nitrogens is 2. The van der Waals surface area contributed by atoms with Crippen molar-refractivity contribution in [2.45, 2.75) is 32.4 Å². The van der Waals surface area contributed by atoms with Crippen molar-refractivity contribution in [2.75, 3.05) is 13.2 Å². The van der Waals surface area contributed by atoms with E-state index in [9.17, 15) is 4.79 Å². The van der Waals surface area contributed by atoms with Crippen molar-refractivity contribution in [1.29, 1.82) is 0 Å². The number of nitrogens with zero attached hydrogens (tertiary/aromatic N) is 2. The molecular weight excluding hydrogens is 270 g/mol. The van der Waals surface area contributed by atoms with E-state index in [-0.39, 0.29) is 11.6 Å². The van der Waals surface area contributed by atoms with Crippen LogP contribution >= 0.6 is 0 Å². The molecule has 1 saturated heterocycles. The van der Waals surface area contributed by atoms with E-state index >= 15 is 0 Å². The second-order valence-electron chi connectivity index (χ2n) is 5.29. The van der Waals surface area contributed by atoms with E-state index < -0.39 is 0 Å². The van der Waals surface area contributed by atoms with Crippen LogP contribution in [0, 0.1) is 6.92 Å². The lowest BCUT2D eigenvalue weighted by Gasteiger charge is -2.19. The normalized spacial score (nSPS) is 19.6. The first-order valence-electron chi connectivity index (χ1n) is 7.17. The van der Waals surface area contributed by atoms with Gasteiger partial charge in [-0.25, -0.2) is 14.8 Å². The topological polar surface area (TPSA) is 79.4 Å². The molecule has 1 aromatic heterocycles. The SMILES string of the molecule is Cc1nc2ccc(CN)cc2c(=O)n1C1CCCOOC1. The summed E-state index contributed by atoms with van der Waals surface area (Å²) in [5, 5.41) is 0.605. The van der Waals surface area contributed by atoms with Crippen molar-refractivity contribution in [3.63, 3.8) is 0 Å². The summed E-state index contributed by atoms with van der Waals surface area (Å²) >= 11 is 0. The van der Waals surface area contributed by atoms with Crippen LogP contribution in [0.5, 0.6) is 0 Å². The van der Waals surface area contributed by atoms with Gasteiger partial charge in [0.25, 0.3) is 5.56 Å². The number of benzene rings is 1. The van der Waals surface area contributed by atoms with Gasteiger partial charge in [-0.05, 0) is 37.5 Å². The van der Waals surface area contributed by atoms with Gasteiger partial charge < -0.3 is 5.73 Å². The lowest BCUT2D eigenvalue weighted by molar-refractivity contribution is -0.291. The molecule has 0 radical (unpaired) electrons. The van der Waals surface area contributed by atoms with Crippen molar-refractivity contribution in [3.05, 3.63) is 39.9 Å². The molecule has 6 heteroatoms. The lowest BCUT2D eigenvalue weighted by Crippen LogP contribution is -2.30. The second kappa shape index (κ2) is 5.93. The van der Waals surface area contributed by atoms with E-state index in [1.54, 1.807) is 4.57 Å². The van der Waals surface area contributed by atoms with Gasteiger partial charge in [0.05, 0.1) is 23.6 Å². The molecule has 6 nitrogen and oxygen atoms in total. The predicted molar refractivity (Wildman–Crippen MR) is 78.8 cm³/mol. The zero-order valence-electron chi connectivity index (χ0n) is 12.0. The van der Waals surface area contributed by atoms with Crippen LogP contribution in [0.2, 0.25) is 0 Å². The Morgan fingerprint density at radius 1 is 1.43 bits per heavy atom. The van der Waals surface area contributed by atoms with Crippen LogP contribution in [0.4, 0.5) is 0 Å². The summed E-state index contributed by atoms with van der Waals surface area (Å²) in [5.41, 5.74) is 7.25. The Hall–Kier alpha value is -1.76. The largest absolute Gasteiger partial charge is 0.326 e. The minimum atomic E-state index is -0.0431. The molecule has 1 fully saturated rings. The van der Waals surface area contributed by atoms with Gasteiger partial charge in [0.1, 0.15) is 12.4 Å². The highest BCUT2D eigenvalue weighted by Gasteiger charge is 2.20. The van der Waals surface area contributed by atoms with Crippen LogP contribution in [0.25, 0.3) is 10.9 Å². The maximum Gasteiger partial charge on any atom is 0.261 e. The summed E-state index contributed by atoms with van der Waals surface area (Å²) < 4.78 is 1.72. The number of rotatable bonds is 2. The monoisotopic (exact) mass is 289 g/mol. The van der Waals surface area contributed by atoms with Crippen LogP contribution in [0.15, 0.2) is 23.0 Å². The molecule has 1 unspecified atom stereocenters. The molecule has 112 valence electrons. The van der Waals surface area contributed by atoms with Gasteiger partial charge in [-0.3, -0.25) is 9.36 Å². The Bertz CT molecular complexity index is 703. The minimum absolute atomic E-state index is 0.0386. The zero-order chi connectivity index (χ0) is 14.8. The van der Waals surface area contributed by atoms with Crippen LogP contribution in [0.3, 0.4) is 0 Å². The molecule has 3 rings (SSSR count). The molecule has 21 heavy (non-hydrogen) atoms. The maximum absolute atomic E-state index is 12.8. The summed E-state index contributed by atoms with van der Waals surface area (Å²) in [5.74, 6) is 0.698. The summed E-state index contributed by atoms with van der Waals surface area (Å²) in [4.78, 5) is 27.5. The Morgan fingerprint density at radius 2 is 2.29 bits per heavy atom. The molecule has 0 spiro atoms. The van der Waals surface area contributed by atoms with Crippen molar-refractivity contribution in [3.8, 4) is 0 Å². The van der Waals surface area contributed by atoms with E-state index in [0.717, 1.165) is 18.4 Å². The fourth-order valence-electron chi connectivity index (χ4n) is 2.76. The Balaban J connectivity index is 2.15. The van der Waals surface area contributed by atoms with Gasteiger partial charge in [-0.15, -0.1) is 0 Å². The number of aryl methyl sites for hydroxylation is 1. The molecule has 2 N–H and O–H groups in total. The summed E-state index contributed by atoms with van der Waals surface area (Å²) in [6.45, 7) is 3.18. The van der Waals surface area contributed by atoms with Crippen molar-refractivity contribution in [2.24, 2.45) is 5.73 Å². The van der Waals surface area contributed by atoms with E-state index in [1.807, 2.05) is 25.1 Å². The predicted octanol–water partition coefficient (Wildman–Crippen LogP) is 1.45. The minimum Gasteiger partial charge on any atom is -0.326 e. The molecule has 2 heterocycles. The molecule has 1 aliphatic heterocycles. The molecule has 0 bridgehead atoms. The van der Waals surface area contributed by atoms with Crippen molar-refractivity contribution in [1.82, 2.24) is 9.55 Å². The summed E-state index contributed by atoms with van der Waals surface area (Å²) in [6, 6.07) is 5.54. The smallest absolute Gasteiger partial charge is 0.261 e. The number of hydrogen-bond donors (Lipinski definition) is 1. The number of fused-ring (bicyclic) bond motifs is 1. The van der Waals surface area contributed by atoms with Crippen LogP contribution < -0.4 is 11.3 Å². The average molecular weight is 289 g/mol. The highest BCUT2D eigenvalue weighted by Crippen LogP contribution is 2.19. The van der Waals surface area contributed by atoms with Gasteiger partial charge in [0, 0.05) is 6.54 Å². The molecule has 1 aliphatic rings. The molecule has 1 aromatic carbocycles. The fraction of sp³-hybridized carbons (Fsp3) is 0.467. The zero-order valence-corrected chi connectivity index (χ0v) is 12.0. The molecule has 0 aliphatic carbocycles. The molecule has 0 saturated carbocycles. The van der Waals surface area contributed by atoms with Gasteiger partial charge in [0.15, 0.2) is 0 Å². The highest BCUT2D eigenvalue weighted by atomic mass is 17.2. The average Bonchev–Trinajstić information content (AvgIpc) is 2.76. The van der Waals surface area contributed by atoms with Crippen LogP contribution in [0.1, 0.15) is 30.3 Å². The van der Waals surface area contributed by atoms with Crippen molar-refractivity contribution >= 4 is 10.9 Å². The van der Waals surface area contributed by atoms with Crippen LogP contribution in [-0.2, 0) is 16.3 Å². The van der Waals surface area contributed by atoms with Gasteiger partial charge >= 0.3 is 0 Å². The highest BCUT2D eigenvalue weighted by molar-refractivity contribution is 5.78. The maximum atomic E-state index is 12.8. The standard InChI is InChI=1S/C15H19N3O3/c1-10-17-14-5-4-11(8-16)7-13(14)15(19)18(10)12-3-2-6-20-21-9-12/h4-5,7,12H,2-3,6,8-9,16H2,1H3. The first-order valence-corrected chi connectivity index (χ1v) is 7.17. The quantitative estimate of drug-likeness (QED) is 0.846. The Kier molecular flexibility index (Phi) is 4.01. The third-order valence-electron chi connectivity index (χ3n) is 3.85. The lowest BCUT2D eigenvalue weighted by atomic mass is 10.1. The van der Waals surface area contributed by atoms with Gasteiger partial charge in [0.2, 0.25) is 0 Å². The van der Waals surface area contributed by atoms with Crippen LogP contribution in [-0.4, -0.2) is 22.8 Å². The number of nitrogens with two attached hydrogens (primary N) is 1. The van der Waals surface area contributed by atoms with Gasteiger partial charge in [-0.2, -0.15) is 0 Å². The van der Waals surface area contributed by atoms with Crippen molar-refractivity contribution < 1.29 is 9.78 Å². The molecule has 2 aromatic rings. The third-order valence-corrected chi connectivity index (χ3v) is 3.85. The molecule has 1 atom stereocenters. The second-order valence-corrected chi connectivity index (χ2v) is 5.29. The molecule has 0 amide bonds. The number of hydrogen-bond acceptors (Lipinski definition) is 5. The van der Waals surface area contributed by atoms with E-state index in [4.69, 9.17) is 15.5 Å². The molecular formula is C15H19N3O3. The van der Waals surface area contributed by atoms with E-state index in [2.05, 4.69) is 4.98 Å². The first-order chi connectivity index (χ1) is 10.2. The first kappa shape index (κ1) is 14.2.